The number of hydrogen-bond acceptors (Lipinski definition) is 2. The van der Waals surface area contributed by atoms with E-state index in [1.165, 1.54) is 83.5 Å². The summed E-state index contributed by atoms with van der Waals surface area (Å²) in [5.41, 5.74) is 0. The summed E-state index contributed by atoms with van der Waals surface area (Å²) in [7, 11) is 2.33. The Morgan fingerprint density at radius 1 is 0.697 bits per heavy atom. The lowest BCUT2D eigenvalue weighted by molar-refractivity contribution is -0.883. The molecule has 0 aliphatic heterocycles. The standard InChI is InChI=1S/C28H58NO3P/c1-6-8-9-10-11-12-13-14-15-16-17-18-19-20-21-22-23-24-25-27-32-33(30,31)28(26-7-2)29(3,4)5/h20-21,28H,6-19,22-27H2,1-5H3/p+1/b21-20-. The zero-order valence-electron chi connectivity index (χ0n) is 23.0. The van der Waals surface area contributed by atoms with Gasteiger partial charge >= 0.3 is 7.60 Å². The Hall–Kier alpha value is -0.150. The third-order valence-corrected chi connectivity index (χ3v) is 8.76. The average molecular weight is 489 g/mol. The van der Waals surface area contributed by atoms with Gasteiger partial charge in [-0.1, -0.05) is 103 Å². The molecule has 0 saturated carbocycles. The van der Waals surface area contributed by atoms with Gasteiger partial charge in [-0.25, -0.2) is 0 Å². The van der Waals surface area contributed by atoms with Gasteiger partial charge in [-0.3, -0.25) is 4.57 Å². The van der Waals surface area contributed by atoms with Crippen LogP contribution < -0.4 is 0 Å². The predicted octanol–water partition coefficient (Wildman–Crippen LogP) is 9.23. The molecule has 0 aromatic carbocycles. The molecule has 0 heterocycles. The van der Waals surface area contributed by atoms with Crippen molar-refractivity contribution in [1.82, 2.24) is 0 Å². The van der Waals surface area contributed by atoms with E-state index in [9.17, 15) is 9.46 Å². The van der Waals surface area contributed by atoms with Gasteiger partial charge in [0, 0.05) is 6.42 Å². The molecule has 0 amide bonds. The first kappa shape index (κ1) is 32.8. The monoisotopic (exact) mass is 488 g/mol. The predicted molar refractivity (Wildman–Crippen MR) is 146 cm³/mol. The van der Waals surface area contributed by atoms with Crippen LogP contribution in [0.4, 0.5) is 0 Å². The quantitative estimate of drug-likeness (QED) is 0.0637. The zero-order chi connectivity index (χ0) is 24.8. The van der Waals surface area contributed by atoms with Gasteiger partial charge < -0.3 is 13.9 Å². The maximum absolute atomic E-state index is 12.6. The number of allylic oxidation sites excluding steroid dienone is 2. The number of unbranched alkanes of at least 4 members (excludes halogenated alkanes) is 15. The topological polar surface area (TPSA) is 46.5 Å². The number of quaternary nitrogens is 1. The van der Waals surface area contributed by atoms with Crippen LogP contribution in [0, 0.1) is 0 Å². The smallest absolute Gasteiger partial charge is 0.320 e. The van der Waals surface area contributed by atoms with Gasteiger partial charge in [0.2, 0.25) is 0 Å². The van der Waals surface area contributed by atoms with Gasteiger partial charge in [-0.2, -0.15) is 0 Å². The van der Waals surface area contributed by atoms with E-state index >= 15 is 0 Å². The molecular weight excluding hydrogens is 429 g/mol. The van der Waals surface area contributed by atoms with Crippen LogP contribution >= 0.6 is 7.60 Å². The molecule has 33 heavy (non-hydrogen) atoms. The molecule has 2 atom stereocenters. The van der Waals surface area contributed by atoms with E-state index in [2.05, 4.69) is 19.1 Å². The Morgan fingerprint density at radius 3 is 1.55 bits per heavy atom. The second kappa shape index (κ2) is 21.2. The first-order chi connectivity index (χ1) is 15.8. The summed E-state index contributed by atoms with van der Waals surface area (Å²) in [5.74, 6) is -0.342. The molecule has 0 spiro atoms. The zero-order valence-corrected chi connectivity index (χ0v) is 23.9. The Kier molecular flexibility index (Phi) is 21.1. The van der Waals surface area contributed by atoms with E-state index in [0.717, 1.165) is 32.1 Å². The third-order valence-electron chi connectivity index (χ3n) is 6.50. The largest absolute Gasteiger partial charge is 0.385 e. The Balaban J connectivity index is 3.54. The lowest BCUT2D eigenvalue weighted by Crippen LogP contribution is -2.45. The maximum atomic E-state index is 12.6. The highest BCUT2D eigenvalue weighted by atomic mass is 31.2. The van der Waals surface area contributed by atoms with Crippen molar-refractivity contribution in [3.63, 3.8) is 0 Å². The molecule has 0 aromatic rings. The Labute approximate surface area is 207 Å². The van der Waals surface area contributed by atoms with Crippen LogP contribution in [-0.4, -0.2) is 42.9 Å². The molecule has 0 fully saturated rings. The lowest BCUT2D eigenvalue weighted by atomic mass is 10.0. The molecule has 1 N–H and O–H groups in total. The molecule has 0 saturated heterocycles. The highest BCUT2D eigenvalue weighted by molar-refractivity contribution is 7.53. The molecule has 0 aromatic heterocycles. The van der Waals surface area contributed by atoms with Crippen LogP contribution in [0.2, 0.25) is 0 Å². The molecule has 0 radical (unpaired) electrons. The van der Waals surface area contributed by atoms with Crippen molar-refractivity contribution in [3.8, 4) is 0 Å². The normalized spacial score (nSPS) is 15.2. The maximum Gasteiger partial charge on any atom is 0.385 e. The molecule has 5 heteroatoms. The van der Waals surface area contributed by atoms with E-state index in [4.69, 9.17) is 4.52 Å². The second-order valence-corrected chi connectivity index (χ2v) is 12.8. The fourth-order valence-corrected chi connectivity index (χ4v) is 6.43. The summed E-state index contributed by atoms with van der Waals surface area (Å²) in [5, 5.41) is 0. The van der Waals surface area contributed by atoms with Crippen molar-refractivity contribution in [3.05, 3.63) is 12.2 Å². The van der Waals surface area contributed by atoms with Crippen LogP contribution in [0.15, 0.2) is 12.2 Å². The number of nitrogens with zero attached hydrogens (tertiary/aromatic N) is 1. The number of rotatable bonds is 24. The first-order valence-electron chi connectivity index (χ1n) is 14.2. The molecule has 198 valence electrons. The van der Waals surface area contributed by atoms with Crippen molar-refractivity contribution in [1.29, 1.82) is 0 Å². The number of hydrogen-bond donors (Lipinski definition) is 1. The SMILES string of the molecule is CCCCCCCCCCCCCC/C=C\CCCCCOP(=O)(O)C(CCC)[N+](C)(C)C. The summed E-state index contributed by atoms with van der Waals surface area (Å²) >= 11 is 0. The third kappa shape index (κ3) is 19.8. The van der Waals surface area contributed by atoms with Gasteiger partial charge in [0.05, 0.1) is 27.7 Å². The van der Waals surface area contributed by atoms with Crippen LogP contribution in [0.25, 0.3) is 0 Å². The highest BCUT2D eigenvalue weighted by Gasteiger charge is 2.41. The molecule has 0 aliphatic rings. The van der Waals surface area contributed by atoms with Gasteiger partial charge in [0.1, 0.15) is 0 Å². The molecule has 0 rings (SSSR count). The van der Waals surface area contributed by atoms with Crippen LogP contribution in [0.5, 0.6) is 0 Å². The first-order valence-corrected chi connectivity index (χ1v) is 15.8. The summed E-state index contributed by atoms with van der Waals surface area (Å²) in [4.78, 5) is 10.4. The van der Waals surface area contributed by atoms with Crippen molar-refractivity contribution < 1.29 is 18.5 Å². The highest BCUT2D eigenvalue weighted by Crippen LogP contribution is 2.51. The lowest BCUT2D eigenvalue weighted by Gasteiger charge is -2.35. The molecule has 4 nitrogen and oxygen atoms in total. The van der Waals surface area contributed by atoms with Crippen molar-refractivity contribution in [2.24, 2.45) is 0 Å². The van der Waals surface area contributed by atoms with Gasteiger partial charge in [0.25, 0.3) is 0 Å². The fourth-order valence-electron chi connectivity index (χ4n) is 4.41. The molecular formula is C28H59NO3P+. The van der Waals surface area contributed by atoms with Crippen molar-refractivity contribution in [2.75, 3.05) is 27.7 Å². The average Bonchev–Trinajstić information content (AvgIpc) is 2.75. The molecule has 2 unspecified atom stereocenters. The minimum atomic E-state index is -3.58. The van der Waals surface area contributed by atoms with E-state index in [1.807, 2.05) is 28.1 Å². The van der Waals surface area contributed by atoms with Crippen LogP contribution in [-0.2, 0) is 9.09 Å². The Morgan fingerprint density at radius 2 is 1.12 bits per heavy atom. The van der Waals surface area contributed by atoms with Crippen LogP contribution in [0.3, 0.4) is 0 Å². The van der Waals surface area contributed by atoms with E-state index in [1.54, 1.807) is 0 Å². The molecule has 0 aliphatic carbocycles. The minimum absolute atomic E-state index is 0.342. The molecule has 0 bridgehead atoms. The van der Waals surface area contributed by atoms with Gasteiger partial charge in [-0.05, 0) is 38.5 Å². The van der Waals surface area contributed by atoms with E-state index in [0.29, 0.717) is 17.5 Å². The van der Waals surface area contributed by atoms with Gasteiger partial charge in [0.15, 0.2) is 5.78 Å². The Bertz CT molecular complexity index is 502. The second-order valence-electron chi connectivity index (χ2n) is 10.8. The summed E-state index contributed by atoms with van der Waals surface area (Å²) in [6.45, 7) is 4.72. The van der Waals surface area contributed by atoms with Gasteiger partial charge in [-0.15, -0.1) is 0 Å². The summed E-state index contributed by atoms with van der Waals surface area (Å²) in [6.07, 6.45) is 28.4. The van der Waals surface area contributed by atoms with Crippen LogP contribution in [0.1, 0.15) is 136 Å². The fraction of sp³-hybridized carbons (Fsp3) is 0.929. The van der Waals surface area contributed by atoms with E-state index in [-0.39, 0.29) is 5.78 Å². The van der Waals surface area contributed by atoms with Crippen molar-refractivity contribution >= 4 is 7.60 Å². The summed E-state index contributed by atoms with van der Waals surface area (Å²) in [6, 6.07) is 0. The summed E-state index contributed by atoms with van der Waals surface area (Å²) < 4.78 is 18.6. The van der Waals surface area contributed by atoms with Crippen molar-refractivity contribution in [2.45, 2.75) is 142 Å². The van der Waals surface area contributed by atoms with E-state index < -0.39 is 7.60 Å². The minimum Gasteiger partial charge on any atom is -0.320 e.